The number of aromatic nitrogens is 1. The maximum Gasteiger partial charge on any atom is 0.355 e. The number of carboxylic acids is 1. The molecule has 3 rings (SSSR count). The number of benzene rings is 1. The van der Waals surface area contributed by atoms with Gasteiger partial charge in [0.15, 0.2) is 17.2 Å². The quantitative estimate of drug-likeness (QED) is 0.767. The molecular formula is C17H19ClN2O5S. The number of carboxylic acid groups (broad SMARTS) is 1. The summed E-state index contributed by atoms with van der Waals surface area (Å²) in [5.74, 6) is -0.101. The molecule has 1 fully saturated rings. The van der Waals surface area contributed by atoms with Crippen molar-refractivity contribution in [2.45, 2.75) is 0 Å². The molecule has 1 aliphatic rings. The Hall–Kier alpha value is -1.87. The van der Waals surface area contributed by atoms with Gasteiger partial charge in [-0.3, -0.25) is 4.90 Å². The largest absolute Gasteiger partial charge is 0.493 e. The minimum atomic E-state index is -1.06. The Labute approximate surface area is 160 Å². The number of nitrogens with zero attached hydrogens (tertiary/aromatic N) is 2. The van der Waals surface area contributed by atoms with E-state index in [0.717, 1.165) is 32.8 Å². The number of hydrogen-bond donors (Lipinski definition) is 1. The first-order chi connectivity index (χ1) is 12.6. The van der Waals surface area contributed by atoms with E-state index in [9.17, 15) is 4.79 Å². The molecule has 0 radical (unpaired) electrons. The van der Waals surface area contributed by atoms with Gasteiger partial charge in [0.25, 0.3) is 0 Å². The third kappa shape index (κ3) is 4.45. The van der Waals surface area contributed by atoms with Gasteiger partial charge < -0.3 is 19.3 Å². The van der Waals surface area contributed by atoms with Crippen molar-refractivity contribution in [3.05, 3.63) is 28.2 Å². The van der Waals surface area contributed by atoms with Gasteiger partial charge in [0.2, 0.25) is 0 Å². The topological polar surface area (TPSA) is 81.1 Å². The molecule has 0 unspecified atom stereocenters. The summed E-state index contributed by atoms with van der Waals surface area (Å²) in [6.45, 7) is 4.52. The van der Waals surface area contributed by atoms with Gasteiger partial charge in [-0.05, 0) is 12.1 Å². The van der Waals surface area contributed by atoms with E-state index >= 15 is 0 Å². The Balaban J connectivity index is 1.72. The van der Waals surface area contributed by atoms with E-state index in [2.05, 4.69) is 9.88 Å². The molecular weight excluding hydrogens is 380 g/mol. The highest BCUT2D eigenvalue weighted by molar-refractivity contribution is 7.13. The van der Waals surface area contributed by atoms with Gasteiger partial charge in [0.1, 0.15) is 11.6 Å². The van der Waals surface area contributed by atoms with Crippen LogP contribution in [0.2, 0.25) is 5.02 Å². The van der Waals surface area contributed by atoms with Crippen LogP contribution in [0.1, 0.15) is 10.5 Å². The minimum absolute atomic E-state index is 0.00549. The zero-order chi connectivity index (χ0) is 18.5. The van der Waals surface area contributed by atoms with E-state index in [-0.39, 0.29) is 5.69 Å². The van der Waals surface area contributed by atoms with Crippen LogP contribution < -0.4 is 9.47 Å². The first-order valence-electron chi connectivity index (χ1n) is 8.08. The van der Waals surface area contributed by atoms with Gasteiger partial charge in [-0.25, -0.2) is 9.78 Å². The first-order valence-corrected chi connectivity index (χ1v) is 9.34. The lowest BCUT2D eigenvalue weighted by Gasteiger charge is -2.26. The lowest BCUT2D eigenvalue weighted by atomic mass is 10.2. The number of carbonyl (C=O) groups is 1. The van der Waals surface area contributed by atoms with Crippen molar-refractivity contribution in [1.82, 2.24) is 9.88 Å². The highest BCUT2D eigenvalue weighted by Crippen LogP contribution is 2.40. The third-order valence-electron chi connectivity index (χ3n) is 3.96. The number of rotatable bonds is 7. The van der Waals surface area contributed by atoms with Gasteiger partial charge in [-0.2, -0.15) is 0 Å². The summed E-state index contributed by atoms with van der Waals surface area (Å²) in [5.41, 5.74) is 0.691. The minimum Gasteiger partial charge on any atom is -0.493 e. The average molecular weight is 399 g/mol. The molecule has 1 aromatic heterocycles. The summed E-state index contributed by atoms with van der Waals surface area (Å²) in [7, 11) is 1.54. The van der Waals surface area contributed by atoms with Crippen LogP contribution in [0.3, 0.4) is 0 Å². The van der Waals surface area contributed by atoms with E-state index in [0.29, 0.717) is 33.7 Å². The predicted molar refractivity (Wildman–Crippen MR) is 98.8 cm³/mol. The lowest BCUT2D eigenvalue weighted by molar-refractivity contribution is 0.0321. The maximum absolute atomic E-state index is 11.0. The fourth-order valence-electron chi connectivity index (χ4n) is 2.59. The number of morpholine rings is 1. The molecule has 1 N–H and O–H groups in total. The molecule has 0 atom stereocenters. The molecule has 0 amide bonds. The summed E-state index contributed by atoms with van der Waals surface area (Å²) in [6, 6.07) is 3.46. The number of methoxy groups -OCH3 is 1. The molecule has 2 heterocycles. The molecule has 26 heavy (non-hydrogen) atoms. The summed E-state index contributed by atoms with van der Waals surface area (Å²) < 4.78 is 16.6. The summed E-state index contributed by atoms with van der Waals surface area (Å²) >= 11 is 7.61. The van der Waals surface area contributed by atoms with Crippen molar-refractivity contribution in [2.75, 3.05) is 46.6 Å². The normalized spacial score (nSPS) is 15.0. The Morgan fingerprint density at radius 3 is 2.85 bits per heavy atom. The van der Waals surface area contributed by atoms with Crippen LogP contribution >= 0.6 is 22.9 Å². The van der Waals surface area contributed by atoms with Crippen molar-refractivity contribution in [3.8, 4) is 22.1 Å². The molecule has 1 saturated heterocycles. The predicted octanol–water partition coefficient (Wildman–Crippen LogP) is 2.88. The number of ether oxygens (including phenoxy) is 3. The van der Waals surface area contributed by atoms with E-state index in [1.807, 2.05) is 0 Å². The molecule has 2 aromatic rings. The molecule has 1 aromatic carbocycles. The zero-order valence-corrected chi connectivity index (χ0v) is 15.8. The van der Waals surface area contributed by atoms with Gasteiger partial charge in [-0.1, -0.05) is 11.6 Å². The van der Waals surface area contributed by atoms with Crippen LogP contribution in [0, 0.1) is 0 Å². The number of hydrogen-bond acceptors (Lipinski definition) is 7. The third-order valence-corrected chi connectivity index (χ3v) is 5.13. The molecule has 0 spiro atoms. The van der Waals surface area contributed by atoms with E-state index in [4.69, 9.17) is 30.9 Å². The second-order valence-electron chi connectivity index (χ2n) is 5.63. The van der Waals surface area contributed by atoms with Gasteiger partial charge >= 0.3 is 5.97 Å². The van der Waals surface area contributed by atoms with Gasteiger partial charge in [0.05, 0.1) is 25.3 Å². The van der Waals surface area contributed by atoms with Crippen molar-refractivity contribution < 1.29 is 24.1 Å². The smallest absolute Gasteiger partial charge is 0.355 e. The Kier molecular flexibility index (Phi) is 6.31. The standard InChI is InChI=1S/C17H19ClN2O5S/c1-23-14-9-11(16-19-13(10-26-16)17(21)22)8-12(18)15(14)25-7-4-20-2-5-24-6-3-20/h8-10H,2-7H2,1H3,(H,21,22). The maximum atomic E-state index is 11.0. The average Bonchev–Trinajstić information content (AvgIpc) is 3.14. The van der Waals surface area contributed by atoms with Crippen molar-refractivity contribution in [2.24, 2.45) is 0 Å². The van der Waals surface area contributed by atoms with Crippen LogP contribution in [0.5, 0.6) is 11.5 Å². The number of aromatic carboxylic acids is 1. The molecule has 140 valence electrons. The zero-order valence-electron chi connectivity index (χ0n) is 14.2. The lowest BCUT2D eigenvalue weighted by Crippen LogP contribution is -2.38. The van der Waals surface area contributed by atoms with Crippen LogP contribution in [-0.2, 0) is 4.74 Å². The van der Waals surface area contributed by atoms with E-state index < -0.39 is 5.97 Å². The Bertz CT molecular complexity index is 777. The van der Waals surface area contributed by atoms with Crippen LogP contribution in [-0.4, -0.2) is 67.5 Å². The van der Waals surface area contributed by atoms with Gasteiger partial charge in [-0.15, -0.1) is 11.3 Å². The summed E-state index contributed by atoms with van der Waals surface area (Å²) in [6.07, 6.45) is 0. The number of halogens is 1. The molecule has 0 bridgehead atoms. The van der Waals surface area contributed by atoms with Crippen LogP contribution in [0.15, 0.2) is 17.5 Å². The number of thiazole rings is 1. The fourth-order valence-corrected chi connectivity index (χ4v) is 3.64. The molecule has 1 aliphatic heterocycles. The van der Waals surface area contributed by atoms with Crippen LogP contribution in [0.25, 0.3) is 10.6 Å². The molecule has 7 nitrogen and oxygen atoms in total. The highest BCUT2D eigenvalue weighted by atomic mass is 35.5. The highest BCUT2D eigenvalue weighted by Gasteiger charge is 2.17. The first kappa shape index (κ1) is 18.9. The van der Waals surface area contributed by atoms with Crippen molar-refractivity contribution >= 4 is 28.9 Å². The fraction of sp³-hybridized carbons (Fsp3) is 0.412. The van der Waals surface area contributed by atoms with E-state index in [1.54, 1.807) is 12.1 Å². The van der Waals surface area contributed by atoms with E-state index in [1.165, 1.54) is 23.8 Å². The van der Waals surface area contributed by atoms with Crippen molar-refractivity contribution in [1.29, 1.82) is 0 Å². The molecule has 0 saturated carbocycles. The Morgan fingerprint density at radius 2 is 2.19 bits per heavy atom. The SMILES string of the molecule is COc1cc(-c2nc(C(=O)O)cs2)cc(Cl)c1OCCN1CCOCC1. The summed E-state index contributed by atoms with van der Waals surface area (Å²) in [5, 5.41) is 11.5. The van der Waals surface area contributed by atoms with Gasteiger partial charge in [0, 0.05) is 30.6 Å². The molecule has 0 aliphatic carbocycles. The summed E-state index contributed by atoms with van der Waals surface area (Å²) in [4.78, 5) is 17.4. The molecule has 9 heteroatoms. The van der Waals surface area contributed by atoms with Crippen LogP contribution in [0.4, 0.5) is 0 Å². The second kappa shape index (κ2) is 8.68. The Morgan fingerprint density at radius 1 is 1.42 bits per heavy atom. The second-order valence-corrected chi connectivity index (χ2v) is 6.90. The monoisotopic (exact) mass is 398 g/mol. The van der Waals surface area contributed by atoms with Crippen molar-refractivity contribution in [3.63, 3.8) is 0 Å².